The second-order valence-corrected chi connectivity index (χ2v) is 4.53. The van der Waals surface area contributed by atoms with Gasteiger partial charge in [-0.05, 0) is 35.4 Å². The van der Waals surface area contributed by atoms with Gasteiger partial charge in [0, 0.05) is 11.4 Å². The first-order valence-corrected chi connectivity index (χ1v) is 6.53. The van der Waals surface area contributed by atoms with Crippen LogP contribution in [0.4, 0.5) is 11.4 Å². The Morgan fingerprint density at radius 2 is 0.958 bits per heavy atom. The molecule has 6 N–H and O–H groups in total. The monoisotopic (exact) mass is 350 g/mol. The second-order valence-electron chi connectivity index (χ2n) is 4.53. The van der Waals surface area contributed by atoms with Gasteiger partial charge >= 0.3 is 71.1 Å². The average molecular weight is 350 g/mol. The summed E-state index contributed by atoms with van der Waals surface area (Å²) < 4.78 is 0. The maximum Gasteiger partial charge on any atom is 1.00 e. The predicted octanol–water partition coefficient (Wildman–Crippen LogP) is -3.31. The van der Waals surface area contributed by atoms with E-state index in [1.807, 2.05) is 48.5 Å². The van der Waals surface area contributed by atoms with Gasteiger partial charge in [0.25, 0.3) is 0 Å². The zero-order valence-corrected chi connectivity index (χ0v) is 17.9. The van der Waals surface area contributed by atoms with Crippen LogP contribution >= 0.6 is 0 Å². The molecule has 0 aliphatic heterocycles. The molecule has 0 fully saturated rings. The van der Waals surface area contributed by atoms with E-state index in [1.54, 1.807) is 0 Å². The van der Waals surface area contributed by atoms with Crippen LogP contribution in [0.3, 0.4) is 0 Å². The number of nitrogens with two attached hydrogens (primary N) is 2. The fourth-order valence-corrected chi connectivity index (χ4v) is 1.57. The maximum atomic E-state index is 9.64. The SMILES string of the molecule is Nc1ccc(-c2ccc(N)cc2)cc1.O=C(O)CCC(=O)O.[H-].[H-].[Na+].[Na+]. The van der Waals surface area contributed by atoms with Crippen molar-refractivity contribution in [2.24, 2.45) is 0 Å². The first-order valence-electron chi connectivity index (χ1n) is 6.53. The van der Waals surface area contributed by atoms with Crippen molar-refractivity contribution in [3.05, 3.63) is 48.5 Å². The van der Waals surface area contributed by atoms with E-state index < -0.39 is 11.9 Å². The van der Waals surface area contributed by atoms with Crippen LogP contribution in [0.25, 0.3) is 11.1 Å². The summed E-state index contributed by atoms with van der Waals surface area (Å²) in [6.07, 6.45) is -0.593. The van der Waals surface area contributed by atoms with Gasteiger partial charge in [0.05, 0.1) is 12.8 Å². The average Bonchev–Trinajstić information content (AvgIpc) is 2.48. The van der Waals surface area contributed by atoms with E-state index in [0.717, 1.165) is 22.5 Å². The molecule has 0 aliphatic carbocycles. The van der Waals surface area contributed by atoms with Crippen LogP contribution in [0, 0.1) is 0 Å². The minimum atomic E-state index is -1.08. The fraction of sp³-hybridized carbons (Fsp3) is 0.125. The molecule has 0 unspecified atom stereocenters. The third-order valence-corrected chi connectivity index (χ3v) is 2.71. The zero-order valence-electron chi connectivity index (χ0n) is 15.9. The van der Waals surface area contributed by atoms with E-state index in [4.69, 9.17) is 21.7 Å². The van der Waals surface area contributed by atoms with Crippen LogP contribution in [0.5, 0.6) is 0 Å². The molecule has 0 amide bonds. The first kappa shape index (κ1) is 25.2. The van der Waals surface area contributed by atoms with Crippen molar-refractivity contribution in [3.8, 4) is 11.1 Å². The molecule has 0 spiro atoms. The number of rotatable bonds is 4. The summed E-state index contributed by atoms with van der Waals surface area (Å²) in [5.41, 5.74) is 15.1. The Morgan fingerprint density at radius 1 is 0.708 bits per heavy atom. The van der Waals surface area contributed by atoms with E-state index in [-0.39, 0.29) is 74.8 Å². The molecule has 0 radical (unpaired) electrons. The Labute approximate surface area is 187 Å². The molecule has 120 valence electrons. The van der Waals surface area contributed by atoms with Gasteiger partial charge in [-0.15, -0.1) is 0 Å². The Bertz CT molecular complexity index is 584. The molecule has 0 aliphatic rings. The van der Waals surface area contributed by atoms with Crippen LogP contribution in [0.2, 0.25) is 0 Å². The summed E-state index contributed by atoms with van der Waals surface area (Å²) in [7, 11) is 0. The first-order chi connectivity index (χ1) is 10.4. The predicted molar refractivity (Wildman–Crippen MR) is 87.4 cm³/mol. The van der Waals surface area contributed by atoms with Gasteiger partial charge in [-0.25, -0.2) is 0 Å². The zero-order chi connectivity index (χ0) is 16.5. The van der Waals surface area contributed by atoms with Gasteiger partial charge in [-0.2, -0.15) is 0 Å². The molecule has 0 saturated heterocycles. The summed E-state index contributed by atoms with van der Waals surface area (Å²) >= 11 is 0. The van der Waals surface area contributed by atoms with Crippen molar-refractivity contribution in [1.29, 1.82) is 0 Å². The molecule has 6 nitrogen and oxygen atoms in total. The maximum absolute atomic E-state index is 9.64. The number of nitrogen functional groups attached to an aromatic ring is 2. The van der Waals surface area contributed by atoms with Gasteiger partial charge in [0.1, 0.15) is 0 Å². The van der Waals surface area contributed by atoms with E-state index in [0.29, 0.717) is 0 Å². The van der Waals surface area contributed by atoms with Crippen molar-refractivity contribution >= 4 is 23.3 Å². The van der Waals surface area contributed by atoms with Crippen LogP contribution in [-0.2, 0) is 9.59 Å². The molecular formula is C16H20N2Na2O4. The molecule has 8 heteroatoms. The number of aliphatic carboxylic acids is 2. The number of hydrogen-bond acceptors (Lipinski definition) is 4. The number of carboxylic acid groups (broad SMARTS) is 2. The van der Waals surface area contributed by atoms with Crippen molar-refractivity contribution in [2.75, 3.05) is 11.5 Å². The van der Waals surface area contributed by atoms with E-state index in [1.165, 1.54) is 0 Å². The molecule has 2 aromatic rings. The Morgan fingerprint density at radius 3 is 1.17 bits per heavy atom. The number of hydrogen-bond donors (Lipinski definition) is 4. The van der Waals surface area contributed by atoms with Crippen LogP contribution in [0.1, 0.15) is 15.7 Å². The van der Waals surface area contributed by atoms with Crippen molar-refractivity contribution in [3.63, 3.8) is 0 Å². The molecule has 0 aromatic heterocycles. The van der Waals surface area contributed by atoms with Gasteiger partial charge < -0.3 is 24.5 Å². The summed E-state index contributed by atoms with van der Waals surface area (Å²) in [5.74, 6) is -2.15. The van der Waals surface area contributed by atoms with E-state index in [2.05, 4.69) is 0 Å². The molecule has 0 bridgehead atoms. The number of benzene rings is 2. The molecule has 0 atom stereocenters. The Kier molecular flexibility index (Phi) is 14.0. The van der Waals surface area contributed by atoms with Crippen molar-refractivity contribution < 1.29 is 81.8 Å². The van der Waals surface area contributed by atoms with E-state index >= 15 is 0 Å². The fourth-order valence-electron chi connectivity index (χ4n) is 1.57. The minimum absolute atomic E-state index is 0. The quantitative estimate of drug-likeness (QED) is 0.338. The molecule has 0 heterocycles. The largest absolute Gasteiger partial charge is 1.00 e. The van der Waals surface area contributed by atoms with Crippen LogP contribution in [-0.4, -0.2) is 22.2 Å². The number of carbonyl (C=O) groups is 2. The third kappa shape index (κ3) is 10.7. The number of anilines is 2. The van der Waals surface area contributed by atoms with Crippen LogP contribution in [0.15, 0.2) is 48.5 Å². The Balaban J connectivity index is -0.000000180. The minimum Gasteiger partial charge on any atom is -1.00 e. The Hall–Kier alpha value is -1.02. The topological polar surface area (TPSA) is 127 Å². The smallest absolute Gasteiger partial charge is 1.00 e. The van der Waals surface area contributed by atoms with Gasteiger partial charge in [-0.1, -0.05) is 24.3 Å². The summed E-state index contributed by atoms with van der Waals surface area (Å²) in [4.78, 5) is 19.3. The van der Waals surface area contributed by atoms with Gasteiger partial charge in [0.15, 0.2) is 0 Å². The summed E-state index contributed by atoms with van der Waals surface area (Å²) in [5, 5.41) is 15.8. The second kappa shape index (κ2) is 13.3. The molecule has 0 saturated carbocycles. The molecule has 2 rings (SSSR count). The van der Waals surface area contributed by atoms with Gasteiger partial charge in [-0.3, -0.25) is 9.59 Å². The van der Waals surface area contributed by atoms with Crippen molar-refractivity contribution in [1.82, 2.24) is 0 Å². The molecular weight excluding hydrogens is 330 g/mol. The van der Waals surface area contributed by atoms with Crippen LogP contribution < -0.4 is 70.6 Å². The third-order valence-electron chi connectivity index (χ3n) is 2.71. The molecule has 24 heavy (non-hydrogen) atoms. The van der Waals surface area contributed by atoms with Crippen molar-refractivity contribution in [2.45, 2.75) is 12.8 Å². The van der Waals surface area contributed by atoms with Gasteiger partial charge in [0.2, 0.25) is 0 Å². The standard InChI is InChI=1S/C12H12N2.C4H6O4.2Na.2H/c13-11-5-1-9(2-6-11)10-3-7-12(14)8-4-10;5-3(6)1-2-4(7)8;;;;/h1-8H,13-14H2;1-2H2,(H,5,6)(H,7,8);;;;/q;;2*+1;2*-1. The summed E-state index contributed by atoms with van der Waals surface area (Å²) in [6.45, 7) is 0. The normalized spacial score (nSPS) is 8.67. The van der Waals surface area contributed by atoms with E-state index in [9.17, 15) is 9.59 Å². The molecule has 2 aromatic carbocycles. The number of carboxylic acids is 2. The summed E-state index contributed by atoms with van der Waals surface area (Å²) in [6, 6.07) is 15.6.